The number of amides is 3. The minimum absolute atomic E-state index is 0.106. The van der Waals surface area contributed by atoms with Crippen molar-refractivity contribution in [3.05, 3.63) is 95.1 Å². The molecule has 40 heavy (non-hydrogen) atoms. The third-order valence-electron chi connectivity index (χ3n) is 8.24. The average molecular weight is 538 g/mol. The molecule has 3 aromatic rings. The fourth-order valence-corrected chi connectivity index (χ4v) is 6.08. The molecule has 0 unspecified atom stereocenters. The van der Waals surface area contributed by atoms with E-state index in [1.165, 1.54) is 11.1 Å². The number of carbonyl (C=O) groups is 3. The molecule has 7 nitrogen and oxygen atoms in total. The summed E-state index contributed by atoms with van der Waals surface area (Å²) in [7, 11) is 0. The molecule has 2 saturated heterocycles. The SMILES string of the molecule is O=C1NCCCC[C@@H]1N(Cc1ccc(OC2Cc3ccccc3C2)cc1)C(=O)c1ccc(N2CCCC2=O)cc1. The van der Waals surface area contributed by atoms with E-state index >= 15 is 0 Å². The monoisotopic (exact) mass is 537 g/mol. The average Bonchev–Trinajstić information content (AvgIpc) is 3.53. The highest BCUT2D eigenvalue weighted by Gasteiger charge is 2.32. The maximum absolute atomic E-state index is 13.8. The molecule has 0 spiro atoms. The highest BCUT2D eigenvalue weighted by atomic mass is 16.5. The van der Waals surface area contributed by atoms with Crippen LogP contribution in [0.1, 0.15) is 59.2 Å². The highest BCUT2D eigenvalue weighted by Crippen LogP contribution is 2.27. The number of benzene rings is 3. The first-order valence-electron chi connectivity index (χ1n) is 14.4. The fourth-order valence-electron chi connectivity index (χ4n) is 6.08. The zero-order chi connectivity index (χ0) is 27.5. The van der Waals surface area contributed by atoms with Gasteiger partial charge in [-0.3, -0.25) is 14.4 Å². The van der Waals surface area contributed by atoms with Crippen molar-refractivity contribution < 1.29 is 19.1 Å². The van der Waals surface area contributed by atoms with Gasteiger partial charge in [0.05, 0.1) is 0 Å². The fraction of sp³-hybridized carbons (Fsp3) is 0.364. The van der Waals surface area contributed by atoms with E-state index in [9.17, 15) is 14.4 Å². The molecule has 3 amide bonds. The van der Waals surface area contributed by atoms with Crippen molar-refractivity contribution in [2.24, 2.45) is 0 Å². The Balaban J connectivity index is 1.18. The summed E-state index contributed by atoms with van der Waals surface area (Å²) in [5.74, 6) is 0.621. The molecule has 0 saturated carbocycles. The van der Waals surface area contributed by atoms with Crippen LogP contribution in [0.4, 0.5) is 5.69 Å². The van der Waals surface area contributed by atoms with Gasteiger partial charge in [-0.25, -0.2) is 0 Å². The summed E-state index contributed by atoms with van der Waals surface area (Å²) in [5.41, 5.74) is 4.94. The minimum Gasteiger partial charge on any atom is -0.490 e. The lowest BCUT2D eigenvalue weighted by Crippen LogP contribution is -2.48. The molecule has 206 valence electrons. The summed E-state index contributed by atoms with van der Waals surface area (Å²) in [6, 6.07) is 23.0. The van der Waals surface area contributed by atoms with Crippen LogP contribution in [-0.2, 0) is 29.0 Å². The minimum atomic E-state index is -0.539. The van der Waals surface area contributed by atoms with E-state index in [-0.39, 0.29) is 23.8 Å². The first kappa shape index (κ1) is 26.1. The molecule has 0 bridgehead atoms. The van der Waals surface area contributed by atoms with Crippen LogP contribution in [0.3, 0.4) is 0 Å². The number of anilines is 1. The van der Waals surface area contributed by atoms with Gasteiger partial charge in [-0.1, -0.05) is 36.4 Å². The number of carbonyl (C=O) groups excluding carboxylic acids is 3. The molecule has 3 aliphatic rings. The van der Waals surface area contributed by atoms with Crippen LogP contribution in [-0.4, -0.2) is 47.9 Å². The van der Waals surface area contributed by atoms with Crippen molar-refractivity contribution in [2.75, 3.05) is 18.0 Å². The van der Waals surface area contributed by atoms with Crippen molar-refractivity contribution in [3.63, 3.8) is 0 Å². The van der Waals surface area contributed by atoms with Crippen molar-refractivity contribution in [1.82, 2.24) is 10.2 Å². The quantitative estimate of drug-likeness (QED) is 0.475. The number of hydrogen-bond acceptors (Lipinski definition) is 4. The molecule has 0 aromatic heterocycles. The van der Waals surface area contributed by atoms with Crippen LogP contribution in [0.5, 0.6) is 5.75 Å². The molecule has 1 aliphatic carbocycles. The smallest absolute Gasteiger partial charge is 0.254 e. The maximum Gasteiger partial charge on any atom is 0.254 e. The third kappa shape index (κ3) is 5.60. The zero-order valence-corrected chi connectivity index (χ0v) is 22.7. The van der Waals surface area contributed by atoms with Gasteiger partial charge in [0.15, 0.2) is 0 Å². The second kappa shape index (κ2) is 11.5. The number of rotatable bonds is 7. The van der Waals surface area contributed by atoms with Crippen LogP contribution in [0.25, 0.3) is 0 Å². The summed E-state index contributed by atoms with van der Waals surface area (Å²) in [5, 5.41) is 2.98. The van der Waals surface area contributed by atoms with Gasteiger partial charge < -0.3 is 19.9 Å². The molecule has 2 heterocycles. The number of hydrogen-bond donors (Lipinski definition) is 1. The summed E-state index contributed by atoms with van der Waals surface area (Å²) in [4.78, 5) is 42.5. The summed E-state index contributed by atoms with van der Waals surface area (Å²) < 4.78 is 6.27. The number of ether oxygens (including phenoxy) is 1. The van der Waals surface area contributed by atoms with Gasteiger partial charge in [-0.05, 0) is 78.8 Å². The Morgan fingerprint density at radius 2 is 1.62 bits per heavy atom. The Kier molecular flexibility index (Phi) is 7.53. The Labute approximate surface area is 235 Å². The van der Waals surface area contributed by atoms with Crippen LogP contribution >= 0.6 is 0 Å². The van der Waals surface area contributed by atoms with E-state index in [4.69, 9.17) is 4.74 Å². The Morgan fingerprint density at radius 1 is 0.900 bits per heavy atom. The van der Waals surface area contributed by atoms with Crippen LogP contribution < -0.4 is 15.0 Å². The second-order valence-corrected chi connectivity index (χ2v) is 11.0. The van der Waals surface area contributed by atoms with Gasteiger partial charge in [0.2, 0.25) is 11.8 Å². The second-order valence-electron chi connectivity index (χ2n) is 11.0. The lowest BCUT2D eigenvalue weighted by molar-refractivity contribution is -0.125. The molecule has 7 heteroatoms. The number of fused-ring (bicyclic) bond motifs is 1. The molecular formula is C33H35N3O4. The van der Waals surface area contributed by atoms with Crippen molar-refractivity contribution in [1.29, 1.82) is 0 Å². The predicted octanol–water partition coefficient (Wildman–Crippen LogP) is 4.67. The van der Waals surface area contributed by atoms with Crippen molar-refractivity contribution >= 4 is 23.4 Å². The molecule has 1 atom stereocenters. The standard InChI is InChI=1S/C33H35N3O4/c37-31-9-5-19-35(31)27-14-12-24(13-15-27)33(39)36(30-8-3-4-18-34-32(30)38)22-23-10-16-28(17-11-23)40-29-20-25-6-1-2-7-26(25)21-29/h1-2,6-7,10-17,29-30H,3-5,8-9,18-22H2,(H,34,38)/t30-/m0/s1. The van der Waals surface area contributed by atoms with Gasteiger partial charge in [-0.15, -0.1) is 0 Å². The van der Waals surface area contributed by atoms with Crippen LogP contribution in [0.15, 0.2) is 72.8 Å². The third-order valence-corrected chi connectivity index (χ3v) is 8.24. The van der Waals surface area contributed by atoms with E-state index < -0.39 is 6.04 Å². The number of nitrogens with zero attached hydrogens (tertiary/aromatic N) is 2. The summed E-state index contributed by atoms with van der Waals surface area (Å²) >= 11 is 0. The van der Waals surface area contributed by atoms with Crippen LogP contribution in [0.2, 0.25) is 0 Å². The van der Waals surface area contributed by atoms with E-state index in [2.05, 4.69) is 29.6 Å². The molecule has 2 aliphatic heterocycles. The topological polar surface area (TPSA) is 79.0 Å². The molecule has 2 fully saturated rings. The Bertz CT molecular complexity index is 1360. The van der Waals surface area contributed by atoms with E-state index in [1.54, 1.807) is 21.9 Å². The van der Waals surface area contributed by atoms with Crippen LogP contribution in [0, 0.1) is 0 Å². The van der Waals surface area contributed by atoms with Gasteiger partial charge in [0, 0.05) is 50.1 Å². The Morgan fingerprint density at radius 3 is 2.30 bits per heavy atom. The normalized spacial score (nSPS) is 19.2. The van der Waals surface area contributed by atoms with E-state index in [1.807, 2.05) is 36.4 Å². The molecule has 0 radical (unpaired) electrons. The number of nitrogens with one attached hydrogen (secondary N) is 1. The van der Waals surface area contributed by atoms with Gasteiger partial charge in [0.1, 0.15) is 17.9 Å². The van der Waals surface area contributed by atoms with Gasteiger partial charge in [0.25, 0.3) is 5.91 Å². The lowest BCUT2D eigenvalue weighted by atomic mass is 10.0. The molecule has 1 N–H and O–H groups in total. The molecule has 6 rings (SSSR count). The lowest BCUT2D eigenvalue weighted by Gasteiger charge is -2.30. The highest BCUT2D eigenvalue weighted by molar-refractivity contribution is 5.99. The molecular weight excluding hydrogens is 502 g/mol. The van der Waals surface area contributed by atoms with Crippen molar-refractivity contribution in [2.45, 2.75) is 63.6 Å². The van der Waals surface area contributed by atoms with Gasteiger partial charge >= 0.3 is 0 Å². The maximum atomic E-state index is 13.8. The Hall–Kier alpha value is -4.13. The summed E-state index contributed by atoms with van der Waals surface area (Å²) in [6.07, 6.45) is 5.74. The van der Waals surface area contributed by atoms with Crippen molar-refractivity contribution in [3.8, 4) is 5.75 Å². The summed E-state index contributed by atoms with van der Waals surface area (Å²) in [6.45, 7) is 1.65. The largest absolute Gasteiger partial charge is 0.490 e. The van der Waals surface area contributed by atoms with E-state index in [0.29, 0.717) is 38.0 Å². The zero-order valence-electron chi connectivity index (χ0n) is 22.7. The van der Waals surface area contributed by atoms with E-state index in [0.717, 1.165) is 49.1 Å². The first-order valence-corrected chi connectivity index (χ1v) is 14.4. The predicted molar refractivity (Wildman–Crippen MR) is 153 cm³/mol. The molecule has 3 aromatic carbocycles. The van der Waals surface area contributed by atoms with Gasteiger partial charge in [-0.2, -0.15) is 0 Å². The first-order chi connectivity index (χ1) is 19.5.